The summed E-state index contributed by atoms with van der Waals surface area (Å²) in [6.07, 6.45) is 4.07. The number of rotatable bonds is 1. The van der Waals surface area contributed by atoms with E-state index >= 15 is 0 Å². The normalized spacial score (nSPS) is 22.5. The van der Waals surface area contributed by atoms with Crippen molar-refractivity contribution < 1.29 is 14.0 Å². The number of pyridine rings is 1. The topological polar surface area (TPSA) is 26.0 Å². The molecule has 2 heterocycles. The highest BCUT2D eigenvalue weighted by Gasteiger charge is 2.31. The number of benzene rings is 3. The highest BCUT2D eigenvalue weighted by atomic mass is 16.3. The molecule has 5 aromatic rings. The van der Waals surface area contributed by atoms with E-state index in [0.29, 0.717) is 40.1 Å². The summed E-state index contributed by atoms with van der Waals surface area (Å²) in [4.78, 5) is 4.60. The molecule has 2 nitrogen and oxygen atoms in total. The fourth-order valence-corrected chi connectivity index (χ4v) is 5.18. The van der Waals surface area contributed by atoms with Crippen molar-refractivity contribution in [2.24, 2.45) is 5.41 Å². The van der Waals surface area contributed by atoms with Gasteiger partial charge in [-0.05, 0) is 72.8 Å². The van der Waals surface area contributed by atoms with Crippen molar-refractivity contribution >= 4 is 43.4 Å². The maximum atomic E-state index is 9.39. The monoisotopic (exact) mass is 414 g/mol. The lowest BCUT2D eigenvalue weighted by molar-refractivity contribution is 0.213. The second kappa shape index (κ2) is 6.56. The lowest BCUT2D eigenvalue weighted by atomic mass is 9.72. The van der Waals surface area contributed by atoms with Crippen LogP contribution in [-0.4, -0.2) is 4.98 Å². The molecule has 1 fully saturated rings. The molecule has 0 amide bonds. The van der Waals surface area contributed by atoms with Crippen LogP contribution in [0, 0.1) is 19.1 Å². The Balaban J connectivity index is 1.82. The Morgan fingerprint density at radius 3 is 2.48 bits per heavy atom. The summed E-state index contributed by atoms with van der Waals surface area (Å²) in [6.45, 7) is -0.590. The first-order valence-electron chi connectivity index (χ1n) is 14.4. The number of nitrogens with zero attached hydrogens (tertiary/aromatic N) is 1. The van der Waals surface area contributed by atoms with Crippen LogP contribution in [0.3, 0.4) is 0 Å². The molecule has 156 valence electrons. The average Bonchev–Trinajstić information content (AvgIpc) is 3.26. The molecule has 0 bridgehead atoms. The number of aryl methyl sites for hydroxylation is 2. The van der Waals surface area contributed by atoms with Crippen molar-refractivity contribution in [2.75, 3.05) is 0 Å². The van der Waals surface area contributed by atoms with Crippen LogP contribution in [0.4, 0.5) is 0 Å². The minimum Gasteiger partial charge on any atom is -0.460 e. The van der Waals surface area contributed by atoms with Gasteiger partial charge in [-0.2, -0.15) is 0 Å². The average molecular weight is 415 g/mol. The van der Waals surface area contributed by atoms with Gasteiger partial charge in [0.15, 0.2) is 0 Å². The van der Waals surface area contributed by atoms with E-state index in [1.54, 1.807) is 6.07 Å². The highest BCUT2D eigenvalue weighted by molar-refractivity contribution is 6.30. The Labute approximate surface area is 193 Å². The Kier molecular flexibility index (Phi) is 2.72. The third-order valence-electron chi connectivity index (χ3n) is 7.06. The largest absolute Gasteiger partial charge is 0.460 e. The quantitative estimate of drug-likeness (QED) is 0.257. The lowest BCUT2D eigenvalue weighted by Crippen LogP contribution is -2.20. The van der Waals surface area contributed by atoms with Crippen LogP contribution >= 0.6 is 0 Å². The predicted octanol–water partition coefficient (Wildman–Crippen LogP) is 8.59. The summed E-state index contributed by atoms with van der Waals surface area (Å²) < 4.78 is 66.0. The molecule has 0 spiro atoms. The molecule has 2 heteroatoms. The van der Waals surface area contributed by atoms with E-state index < -0.39 is 19.6 Å². The van der Waals surface area contributed by atoms with Crippen molar-refractivity contribution in [3.63, 3.8) is 0 Å². The summed E-state index contributed by atoms with van der Waals surface area (Å²) in [5, 5.41) is 3.83. The van der Waals surface area contributed by atoms with Gasteiger partial charge in [-0.3, -0.25) is 4.98 Å². The van der Waals surface area contributed by atoms with E-state index in [1.165, 1.54) is 12.3 Å². The first-order valence-corrected chi connectivity index (χ1v) is 10.9. The molecule has 6 rings (SSSR count). The zero-order valence-corrected chi connectivity index (χ0v) is 17.8. The van der Waals surface area contributed by atoms with Gasteiger partial charge in [0.25, 0.3) is 0 Å². The number of fused-ring (bicyclic) bond motifs is 8. The Bertz CT molecular complexity index is 1730. The van der Waals surface area contributed by atoms with Crippen LogP contribution in [0.2, 0.25) is 0 Å². The molecule has 2 aromatic heterocycles. The first kappa shape index (κ1) is 12.9. The SMILES string of the molecule is [2H]C([2H])([2H])c1c(C2([2H])CCC(C)(C)CC2)oc2c1ccc1c3ccccc3c3nccc(C([2H])([2H])[2H])c3c12. The van der Waals surface area contributed by atoms with Crippen molar-refractivity contribution in [2.45, 2.75) is 59.1 Å². The lowest BCUT2D eigenvalue weighted by Gasteiger charge is -2.33. The molecular weight excluding hydrogens is 378 g/mol. The Morgan fingerprint density at radius 1 is 0.935 bits per heavy atom. The number of hydrogen-bond donors (Lipinski definition) is 0. The molecule has 0 saturated heterocycles. The van der Waals surface area contributed by atoms with Crippen LogP contribution in [0.1, 0.15) is 71.9 Å². The molecule has 1 saturated carbocycles. The molecule has 0 N–H and O–H groups in total. The van der Waals surface area contributed by atoms with E-state index in [-0.39, 0.29) is 22.3 Å². The number of aromatic nitrogens is 1. The van der Waals surface area contributed by atoms with E-state index in [9.17, 15) is 1.37 Å². The van der Waals surface area contributed by atoms with Gasteiger partial charge < -0.3 is 4.42 Å². The Hall–Kier alpha value is -2.87. The van der Waals surface area contributed by atoms with Gasteiger partial charge in [0.1, 0.15) is 11.3 Å². The van der Waals surface area contributed by atoms with Gasteiger partial charge in [-0.25, -0.2) is 0 Å². The van der Waals surface area contributed by atoms with E-state index in [2.05, 4.69) is 18.8 Å². The third-order valence-corrected chi connectivity index (χ3v) is 7.06. The highest BCUT2D eigenvalue weighted by Crippen LogP contribution is 2.47. The van der Waals surface area contributed by atoms with Crippen molar-refractivity contribution in [3.8, 4) is 0 Å². The minimum absolute atomic E-state index is 0.0599. The maximum Gasteiger partial charge on any atom is 0.143 e. The fraction of sp³-hybridized carbons (Fsp3) is 0.345. The molecule has 31 heavy (non-hydrogen) atoms. The molecule has 0 atom stereocenters. The van der Waals surface area contributed by atoms with E-state index in [0.717, 1.165) is 29.0 Å². The summed E-state index contributed by atoms with van der Waals surface area (Å²) in [7, 11) is 0. The van der Waals surface area contributed by atoms with Crippen molar-refractivity contribution in [1.29, 1.82) is 0 Å². The fourth-order valence-electron chi connectivity index (χ4n) is 5.18. The molecule has 3 aromatic carbocycles. The van der Waals surface area contributed by atoms with Crippen LogP contribution in [0.25, 0.3) is 43.4 Å². The van der Waals surface area contributed by atoms with Crippen LogP contribution < -0.4 is 0 Å². The van der Waals surface area contributed by atoms with Gasteiger partial charge in [-0.15, -0.1) is 0 Å². The summed E-state index contributed by atoms with van der Waals surface area (Å²) in [5.41, 5.74) is 1.12. The summed E-state index contributed by atoms with van der Waals surface area (Å²) in [5.74, 6) is -1.00. The molecule has 0 radical (unpaired) electrons. The van der Waals surface area contributed by atoms with Crippen molar-refractivity contribution in [1.82, 2.24) is 4.98 Å². The molecular formula is C29H29NO. The molecule has 0 aliphatic heterocycles. The third kappa shape index (κ3) is 2.74. The van der Waals surface area contributed by atoms with Crippen molar-refractivity contribution in [3.05, 3.63) is 65.5 Å². The number of furan rings is 1. The second-order valence-electron chi connectivity index (χ2n) is 9.57. The summed E-state index contributed by atoms with van der Waals surface area (Å²) in [6, 6.07) is 12.8. The predicted molar refractivity (Wildman–Crippen MR) is 131 cm³/mol. The molecule has 1 aliphatic carbocycles. The maximum absolute atomic E-state index is 9.39. The van der Waals surface area contributed by atoms with Gasteiger partial charge in [-0.1, -0.05) is 50.2 Å². The number of hydrogen-bond acceptors (Lipinski definition) is 2. The van der Waals surface area contributed by atoms with Gasteiger partial charge in [0, 0.05) is 43.2 Å². The van der Waals surface area contributed by atoms with Crippen LogP contribution in [-0.2, 0) is 0 Å². The van der Waals surface area contributed by atoms with E-state index in [1.807, 2.05) is 30.3 Å². The standard InChI is InChI=1S/C29H29NO/c1-17-13-16-30-26-23-8-6-5-7-21(23)22-10-9-20-18(2)27(31-28(20)25(22)24(17)26)19-11-14-29(3,4)15-12-19/h5-10,13,16,19H,11-12,14-15H2,1-4H3/i1D3,2D3,19D. The zero-order valence-electron chi connectivity index (χ0n) is 24.8. The smallest absolute Gasteiger partial charge is 0.143 e. The van der Waals surface area contributed by atoms with Gasteiger partial charge in [0.05, 0.1) is 5.52 Å². The molecule has 1 aliphatic rings. The molecule has 0 unspecified atom stereocenters. The van der Waals surface area contributed by atoms with Crippen LogP contribution in [0.15, 0.2) is 53.1 Å². The minimum atomic E-state index is -2.51. The Morgan fingerprint density at radius 2 is 1.71 bits per heavy atom. The zero-order chi connectivity index (χ0) is 27.3. The van der Waals surface area contributed by atoms with Gasteiger partial charge in [0.2, 0.25) is 0 Å². The second-order valence-corrected chi connectivity index (χ2v) is 9.57. The first-order chi connectivity index (χ1) is 17.7. The van der Waals surface area contributed by atoms with E-state index in [4.69, 9.17) is 12.6 Å². The van der Waals surface area contributed by atoms with Gasteiger partial charge >= 0.3 is 0 Å². The van der Waals surface area contributed by atoms with Crippen LogP contribution in [0.5, 0.6) is 0 Å². The summed E-state index contributed by atoms with van der Waals surface area (Å²) >= 11 is 0.